The van der Waals surface area contributed by atoms with Crippen molar-refractivity contribution in [3.63, 3.8) is 0 Å². The Labute approximate surface area is 149 Å². The van der Waals surface area contributed by atoms with E-state index >= 15 is 0 Å². The third kappa shape index (κ3) is 5.74. The number of carbonyl (C=O) groups excluding carboxylic acids is 2. The summed E-state index contributed by atoms with van der Waals surface area (Å²) >= 11 is 0. The van der Waals surface area contributed by atoms with Gasteiger partial charge in [-0.05, 0) is 56.5 Å². The first kappa shape index (κ1) is 19.2. The Morgan fingerprint density at radius 1 is 1.28 bits per heavy atom. The van der Waals surface area contributed by atoms with Gasteiger partial charge in [0.2, 0.25) is 5.91 Å². The molecule has 1 aromatic carbocycles. The molecule has 1 aromatic rings. The molecule has 1 aliphatic rings. The molecular formula is C19H29N3O3. The first-order valence-corrected chi connectivity index (χ1v) is 9.06. The number of nitrogens with one attached hydrogen (secondary N) is 3. The summed E-state index contributed by atoms with van der Waals surface area (Å²) in [5.74, 6) is 0.354. The van der Waals surface area contributed by atoms with E-state index in [-0.39, 0.29) is 23.8 Å². The highest BCUT2D eigenvalue weighted by molar-refractivity contribution is 5.97. The summed E-state index contributed by atoms with van der Waals surface area (Å²) in [5, 5.41) is 9.18. The van der Waals surface area contributed by atoms with E-state index in [1.165, 1.54) is 0 Å². The number of piperidine rings is 1. The first-order chi connectivity index (χ1) is 12.0. The third-order valence-corrected chi connectivity index (χ3v) is 4.31. The van der Waals surface area contributed by atoms with Crippen LogP contribution in [0.4, 0.5) is 0 Å². The van der Waals surface area contributed by atoms with Gasteiger partial charge >= 0.3 is 0 Å². The molecular weight excluding hydrogens is 318 g/mol. The van der Waals surface area contributed by atoms with E-state index in [0.717, 1.165) is 31.7 Å². The molecule has 0 bridgehead atoms. The van der Waals surface area contributed by atoms with Crippen LogP contribution in [-0.2, 0) is 4.79 Å². The quantitative estimate of drug-likeness (QED) is 0.701. The SMILES string of the molecule is CCOc1ccc(C(=O)NC(C(=O)NC2CCCNC2)C(C)C)cc1. The number of hydrogen-bond acceptors (Lipinski definition) is 4. The predicted octanol–water partition coefficient (Wildman–Crippen LogP) is 1.71. The first-order valence-electron chi connectivity index (χ1n) is 9.06. The van der Waals surface area contributed by atoms with E-state index < -0.39 is 6.04 Å². The molecule has 1 fully saturated rings. The number of rotatable bonds is 7. The Morgan fingerprint density at radius 2 is 2.00 bits per heavy atom. The van der Waals surface area contributed by atoms with Crippen molar-refractivity contribution < 1.29 is 14.3 Å². The maximum absolute atomic E-state index is 12.6. The molecule has 0 aromatic heterocycles. The maximum atomic E-state index is 12.6. The van der Waals surface area contributed by atoms with Crippen LogP contribution in [0.5, 0.6) is 5.75 Å². The zero-order chi connectivity index (χ0) is 18.2. The molecule has 6 nitrogen and oxygen atoms in total. The van der Waals surface area contributed by atoms with E-state index in [0.29, 0.717) is 12.2 Å². The molecule has 1 saturated heterocycles. The number of amides is 2. The molecule has 0 radical (unpaired) electrons. The minimum absolute atomic E-state index is 0.00296. The summed E-state index contributed by atoms with van der Waals surface area (Å²) in [5.41, 5.74) is 0.515. The van der Waals surface area contributed by atoms with Crippen molar-refractivity contribution in [2.24, 2.45) is 5.92 Å². The van der Waals surface area contributed by atoms with Gasteiger partial charge in [-0.1, -0.05) is 13.8 Å². The fourth-order valence-electron chi connectivity index (χ4n) is 2.89. The summed E-state index contributed by atoms with van der Waals surface area (Å²) in [6.45, 7) is 8.13. The van der Waals surface area contributed by atoms with Gasteiger partial charge in [0, 0.05) is 18.2 Å². The summed E-state index contributed by atoms with van der Waals surface area (Å²) in [6, 6.07) is 6.51. The zero-order valence-corrected chi connectivity index (χ0v) is 15.3. The molecule has 3 N–H and O–H groups in total. The van der Waals surface area contributed by atoms with Gasteiger partial charge in [0.15, 0.2) is 0 Å². The van der Waals surface area contributed by atoms with Gasteiger partial charge in [-0.3, -0.25) is 9.59 Å². The molecule has 25 heavy (non-hydrogen) atoms. The molecule has 138 valence electrons. The van der Waals surface area contributed by atoms with Crippen LogP contribution in [-0.4, -0.2) is 43.6 Å². The average molecular weight is 347 g/mol. The second-order valence-electron chi connectivity index (χ2n) is 6.70. The van der Waals surface area contributed by atoms with Gasteiger partial charge in [0.25, 0.3) is 5.91 Å². The van der Waals surface area contributed by atoms with Crippen molar-refractivity contribution in [2.75, 3.05) is 19.7 Å². The van der Waals surface area contributed by atoms with Gasteiger partial charge in [-0.25, -0.2) is 0 Å². The molecule has 2 unspecified atom stereocenters. The molecule has 0 saturated carbocycles. The van der Waals surface area contributed by atoms with Crippen LogP contribution in [0.1, 0.15) is 44.0 Å². The van der Waals surface area contributed by atoms with Gasteiger partial charge in [-0.2, -0.15) is 0 Å². The van der Waals surface area contributed by atoms with Gasteiger partial charge < -0.3 is 20.7 Å². The second kappa shape index (κ2) is 9.42. The number of benzene rings is 1. The minimum atomic E-state index is -0.555. The summed E-state index contributed by atoms with van der Waals surface area (Å²) in [4.78, 5) is 25.1. The highest BCUT2D eigenvalue weighted by Gasteiger charge is 2.27. The molecule has 6 heteroatoms. The third-order valence-electron chi connectivity index (χ3n) is 4.31. The normalized spacial score (nSPS) is 18.5. The average Bonchev–Trinajstić information content (AvgIpc) is 2.61. The summed E-state index contributed by atoms with van der Waals surface area (Å²) in [6.07, 6.45) is 2.02. The smallest absolute Gasteiger partial charge is 0.251 e. The monoisotopic (exact) mass is 347 g/mol. The van der Waals surface area contributed by atoms with Crippen molar-refractivity contribution in [1.29, 1.82) is 0 Å². The summed E-state index contributed by atoms with van der Waals surface area (Å²) in [7, 11) is 0. The molecule has 2 rings (SSSR count). The van der Waals surface area contributed by atoms with E-state index in [1.54, 1.807) is 24.3 Å². The summed E-state index contributed by atoms with van der Waals surface area (Å²) < 4.78 is 5.38. The molecule has 2 atom stereocenters. The Kier molecular flexibility index (Phi) is 7.25. The van der Waals surface area contributed by atoms with Crippen LogP contribution in [0, 0.1) is 5.92 Å². The molecule has 1 aliphatic heterocycles. The van der Waals surface area contributed by atoms with E-state index in [2.05, 4.69) is 16.0 Å². The van der Waals surface area contributed by atoms with Crippen molar-refractivity contribution in [2.45, 2.75) is 45.7 Å². The van der Waals surface area contributed by atoms with Crippen LogP contribution < -0.4 is 20.7 Å². The topological polar surface area (TPSA) is 79.5 Å². The molecule has 1 heterocycles. The molecule has 0 aliphatic carbocycles. The lowest BCUT2D eigenvalue weighted by molar-refractivity contribution is -0.124. The van der Waals surface area contributed by atoms with Crippen molar-refractivity contribution in [3.05, 3.63) is 29.8 Å². The molecule has 2 amide bonds. The lowest BCUT2D eigenvalue weighted by Crippen LogP contribution is -2.54. The number of hydrogen-bond donors (Lipinski definition) is 3. The van der Waals surface area contributed by atoms with Crippen LogP contribution in [0.2, 0.25) is 0 Å². The number of carbonyl (C=O) groups is 2. The predicted molar refractivity (Wildman–Crippen MR) is 97.7 cm³/mol. The molecule has 0 spiro atoms. The number of ether oxygens (including phenoxy) is 1. The van der Waals surface area contributed by atoms with Crippen LogP contribution >= 0.6 is 0 Å². The Hall–Kier alpha value is -2.08. The Balaban J connectivity index is 1.97. The van der Waals surface area contributed by atoms with Crippen LogP contribution in [0.3, 0.4) is 0 Å². The van der Waals surface area contributed by atoms with Crippen molar-refractivity contribution >= 4 is 11.8 Å². The van der Waals surface area contributed by atoms with Crippen LogP contribution in [0.15, 0.2) is 24.3 Å². The van der Waals surface area contributed by atoms with Gasteiger partial charge in [0.05, 0.1) is 6.61 Å². The standard InChI is InChI=1S/C19H29N3O3/c1-4-25-16-9-7-14(8-10-16)18(23)22-17(13(2)3)19(24)21-15-6-5-11-20-12-15/h7-10,13,15,17,20H,4-6,11-12H2,1-3H3,(H,21,24)(H,22,23). The van der Waals surface area contributed by atoms with Gasteiger partial charge in [0.1, 0.15) is 11.8 Å². The van der Waals surface area contributed by atoms with E-state index in [9.17, 15) is 9.59 Å². The van der Waals surface area contributed by atoms with E-state index in [4.69, 9.17) is 4.74 Å². The van der Waals surface area contributed by atoms with E-state index in [1.807, 2.05) is 20.8 Å². The fraction of sp³-hybridized carbons (Fsp3) is 0.579. The fourth-order valence-corrected chi connectivity index (χ4v) is 2.89. The lowest BCUT2D eigenvalue weighted by Gasteiger charge is -2.28. The zero-order valence-electron chi connectivity index (χ0n) is 15.3. The minimum Gasteiger partial charge on any atom is -0.494 e. The Morgan fingerprint density at radius 3 is 2.56 bits per heavy atom. The lowest BCUT2D eigenvalue weighted by atomic mass is 10.0. The van der Waals surface area contributed by atoms with Crippen molar-refractivity contribution in [1.82, 2.24) is 16.0 Å². The van der Waals surface area contributed by atoms with Crippen molar-refractivity contribution in [3.8, 4) is 5.75 Å². The van der Waals surface area contributed by atoms with Crippen LogP contribution in [0.25, 0.3) is 0 Å². The largest absolute Gasteiger partial charge is 0.494 e. The highest BCUT2D eigenvalue weighted by Crippen LogP contribution is 2.13. The Bertz CT molecular complexity index is 566. The second-order valence-corrected chi connectivity index (χ2v) is 6.70. The maximum Gasteiger partial charge on any atom is 0.251 e. The van der Waals surface area contributed by atoms with Gasteiger partial charge in [-0.15, -0.1) is 0 Å². The highest BCUT2D eigenvalue weighted by atomic mass is 16.5.